The van der Waals surface area contributed by atoms with Crippen LogP contribution in [0.3, 0.4) is 0 Å². The van der Waals surface area contributed by atoms with E-state index in [0.717, 1.165) is 29.5 Å². The second-order valence-corrected chi connectivity index (χ2v) is 4.43. The van der Waals surface area contributed by atoms with Crippen LogP contribution >= 0.6 is 0 Å². The summed E-state index contributed by atoms with van der Waals surface area (Å²) in [6.45, 7) is 7.87. The highest BCUT2D eigenvalue weighted by Crippen LogP contribution is 2.23. The Morgan fingerprint density at radius 1 is 1.42 bits per heavy atom. The molecule has 0 aliphatic rings. The fourth-order valence-electron chi connectivity index (χ4n) is 2.05. The third kappa shape index (κ3) is 3.02. The van der Waals surface area contributed by atoms with E-state index in [1.807, 2.05) is 31.2 Å². The van der Waals surface area contributed by atoms with Gasteiger partial charge in [0.15, 0.2) is 5.58 Å². The zero-order chi connectivity index (χ0) is 13.7. The molecule has 0 saturated carbocycles. The standard InChI is InChI=1S/C17H19NO/c1-4-7-13-10-11-16-15(12-13)18-17(19-16)14(8-5-2)9-6-3/h5-6,8-12H,2,4,7H2,1,3H3/b9-6-,14-8+. The molecule has 98 valence electrons. The van der Waals surface area contributed by atoms with E-state index >= 15 is 0 Å². The van der Waals surface area contributed by atoms with Gasteiger partial charge in [0.1, 0.15) is 5.52 Å². The molecular weight excluding hydrogens is 234 g/mol. The van der Waals surface area contributed by atoms with Crippen molar-refractivity contribution < 1.29 is 4.42 Å². The van der Waals surface area contributed by atoms with Gasteiger partial charge in [-0.1, -0.05) is 50.3 Å². The number of rotatable bonds is 5. The monoisotopic (exact) mass is 253 g/mol. The number of aromatic nitrogens is 1. The average molecular weight is 253 g/mol. The fourth-order valence-corrected chi connectivity index (χ4v) is 2.05. The van der Waals surface area contributed by atoms with E-state index in [4.69, 9.17) is 4.42 Å². The van der Waals surface area contributed by atoms with Crippen molar-refractivity contribution >= 4 is 16.7 Å². The first kappa shape index (κ1) is 13.3. The Morgan fingerprint density at radius 2 is 2.26 bits per heavy atom. The van der Waals surface area contributed by atoms with E-state index in [-0.39, 0.29) is 0 Å². The molecule has 2 heteroatoms. The van der Waals surface area contributed by atoms with Crippen molar-refractivity contribution in [3.05, 3.63) is 60.5 Å². The zero-order valence-electron chi connectivity index (χ0n) is 11.5. The number of hydrogen-bond donors (Lipinski definition) is 0. The molecule has 0 unspecified atom stereocenters. The van der Waals surface area contributed by atoms with Crippen LogP contribution in [-0.4, -0.2) is 4.98 Å². The van der Waals surface area contributed by atoms with Gasteiger partial charge in [0.05, 0.1) is 0 Å². The largest absolute Gasteiger partial charge is 0.436 e. The smallest absolute Gasteiger partial charge is 0.227 e. The minimum atomic E-state index is 0.640. The van der Waals surface area contributed by atoms with Crippen molar-refractivity contribution in [3.63, 3.8) is 0 Å². The van der Waals surface area contributed by atoms with Crippen molar-refractivity contribution in [2.75, 3.05) is 0 Å². The molecule has 0 amide bonds. The molecule has 2 nitrogen and oxygen atoms in total. The lowest BCUT2D eigenvalue weighted by atomic mass is 10.1. The van der Waals surface area contributed by atoms with Gasteiger partial charge in [0.2, 0.25) is 5.89 Å². The Bertz CT molecular complexity index is 632. The summed E-state index contributed by atoms with van der Waals surface area (Å²) >= 11 is 0. The van der Waals surface area contributed by atoms with Gasteiger partial charge in [-0.2, -0.15) is 0 Å². The molecule has 0 N–H and O–H groups in total. The Hall–Kier alpha value is -2.09. The maximum Gasteiger partial charge on any atom is 0.227 e. The van der Waals surface area contributed by atoms with Gasteiger partial charge in [-0.3, -0.25) is 0 Å². The van der Waals surface area contributed by atoms with Gasteiger partial charge in [-0.05, 0) is 31.0 Å². The van der Waals surface area contributed by atoms with Crippen molar-refractivity contribution in [1.82, 2.24) is 4.98 Å². The van der Waals surface area contributed by atoms with E-state index in [2.05, 4.69) is 30.6 Å². The lowest BCUT2D eigenvalue weighted by Gasteiger charge is -1.95. The summed E-state index contributed by atoms with van der Waals surface area (Å²) in [6, 6.07) is 6.21. The van der Waals surface area contributed by atoms with Gasteiger partial charge in [-0.25, -0.2) is 4.98 Å². The second kappa shape index (κ2) is 6.19. The average Bonchev–Trinajstić information content (AvgIpc) is 2.82. The molecule has 0 radical (unpaired) electrons. The lowest BCUT2D eigenvalue weighted by molar-refractivity contribution is 0.585. The molecule has 0 saturated heterocycles. The minimum Gasteiger partial charge on any atom is -0.436 e. The number of fused-ring (bicyclic) bond motifs is 1. The predicted molar refractivity (Wildman–Crippen MR) is 81.0 cm³/mol. The number of hydrogen-bond acceptors (Lipinski definition) is 2. The molecule has 0 bridgehead atoms. The summed E-state index contributed by atoms with van der Waals surface area (Å²) in [5, 5.41) is 0. The van der Waals surface area contributed by atoms with Crippen LogP contribution in [-0.2, 0) is 6.42 Å². The third-order valence-corrected chi connectivity index (χ3v) is 2.88. The molecule has 0 aliphatic carbocycles. The summed E-state index contributed by atoms with van der Waals surface area (Å²) < 4.78 is 5.79. The molecule has 0 atom stereocenters. The van der Waals surface area contributed by atoms with E-state index in [0.29, 0.717) is 5.89 Å². The van der Waals surface area contributed by atoms with Gasteiger partial charge >= 0.3 is 0 Å². The molecule has 19 heavy (non-hydrogen) atoms. The highest BCUT2D eigenvalue weighted by atomic mass is 16.3. The van der Waals surface area contributed by atoms with Crippen LogP contribution in [0, 0.1) is 0 Å². The number of benzene rings is 1. The third-order valence-electron chi connectivity index (χ3n) is 2.88. The van der Waals surface area contributed by atoms with E-state index in [1.54, 1.807) is 6.08 Å². The SMILES string of the molecule is C=C/C=C(\C=C/C)c1nc2cc(CCC)ccc2o1. The molecular formula is C17H19NO. The molecule has 1 aromatic carbocycles. The van der Waals surface area contributed by atoms with E-state index < -0.39 is 0 Å². The number of oxazole rings is 1. The Morgan fingerprint density at radius 3 is 2.95 bits per heavy atom. The molecule has 0 spiro atoms. The van der Waals surface area contributed by atoms with Crippen molar-refractivity contribution in [1.29, 1.82) is 0 Å². The first-order valence-electron chi connectivity index (χ1n) is 6.63. The van der Waals surface area contributed by atoms with Crippen LogP contribution in [0.25, 0.3) is 16.7 Å². The number of aryl methyl sites for hydroxylation is 1. The normalized spacial score (nSPS) is 12.4. The van der Waals surface area contributed by atoms with Gasteiger partial charge < -0.3 is 4.42 Å². The molecule has 2 rings (SSSR count). The van der Waals surface area contributed by atoms with Gasteiger partial charge in [-0.15, -0.1) is 0 Å². The Balaban J connectivity index is 2.45. The van der Waals surface area contributed by atoms with Crippen LogP contribution in [0.4, 0.5) is 0 Å². The van der Waals surface area contributed by atoms with Crippen LogP contribution in [0.1, 0.15) is 31.7 Å². The number of nitrogens with zero attached hydrogens (tertiary/aromatic N) is 1. The topological polar surface area (TPSA) is 26.0 Å². The Labute approximate surface area is 114 Å². The van der Waals surface area contributed by atoms with E-state index in [9.17, 15) is 0 Å². The summed E-state index contributed by atoms with van der Waals surface area (Å²) in [6.07, 6.45) is 9.79. The van der Waals surface area contributed by atoms with Crippen LogP contribution in [0.5, 0.6) is 0 Å². The highest BCUT2D eigenvalue weighted by molar-refractivity contribution is 5.79. The molecule has 1 heterocycles. The fraction of sp³-hybridized carbons (Fsp3) is 0.235. The summed E-state index contributed by atoms with van der Waals surface area (Å²) in [5.74, 6) is 0.640. The highest BCUT2D eigenvalue weighted by Gasteiger charge is 2.08. The van der Waals surface area contributed by atoms with Gasteiger partial charge in [0, 0.05) is 5.57 Å². The number of allylic oxidation sites excluding steroid dienone is 5. The van der Waals surface area contributed by atoms with Crippen molar-refractivity contribution in [2.45, 2.75) is 26.7 Å². The lowest BCUT2D eigenvalue weighted by Crippen LogP contribution is -1.82. The van der Waals surface area contributed by atoms with Crippen molar-refractivity contribution in [2.24, 2.45) is 0 Å². The van der Waals surface area contributed by atoms with Crippen LogP contribution in [0.15, 0.2) is 53.5 Å². The zero-order valence-corrected chi connectivity index (χ0v) is 11.5. The predicted octanol–water partition coefficient (Wildman–Crippen LogP) is 4.93. The molecule has 0 fully saturated rings. The van der Waals surface area contributed by atoms with Gasteiger partial charge in [0.25, 0.3) is 0 Å². The quantitative estimate of drug-likeness (QED) is 0.706. The summed E-state index contributed by atoms with van der Waals surface area (Å²) in [5.41, 5.74) is 3.98. The summed E-state index contributed by atoms with van der Waals surface area (Å²) in [7, 11) is 0. The second-order valence-electron chi connectivity index (χ2n) is 4.43. The van der Waals surface area contributed by atoms with Crippen LogP contribution < -0.4 is 0 Å². The summed E-state index contributed by atoms with van der Waals surface area (Å²) in [4.78, 5) is 4.56. The van der Waals surface area contributed by atoms with Crippen LogP contribution in [0.2, 0.25) is 0 Å². The maximum absolute atomic E-state index is 5.79. The Kier molecular flexibility index (Phi) is 4.35. The minimum absolute atomic E-state index is 0.640. The first-order chi connectivity index (χ1) is 9.28. The van der Waals surface area contributed by atoms with E-state index in [1.165, 1.54) is 5.56 Å². The molecule has 2 aromatic rings. The first-order valence-corrected chi connectivity index (χ1v) is 6.63. The van der Waals surface area contributed by atoms with Crippen molar-refractivity contribution in [3.8, 4) is 0 Å². The molecule has 0 aliphatic heterocycles. The maximum atomic E-state index is 5.79. The molecule has 1 aromatic heterocycles.